The Kier molecular flexibility index (Phi) is 7.64. The third-order valence-electron chi connectivity index (χ3n) is 3.12. The van der Waals surface area contributed by atoms with Gasteiger partial charge in [-0.15, -0.1) is 12.4 Å². The van der Waals surface area contributed by atoms with Crippen molar-refractivity contribution in [3.05, 3.63) is 34.3 Å². The van der Waals surface area contributed by atoms with Crippen LogP contribution in [0.3, 0.4) is 0 Å². The van der Waals surface area contributed by atoms with Gasteiger partial charge in [-0.25, -0.2) is 0 Å². The van der Waals surface area contributed by atoms with Gasteiger partial charge in [0, 0.05) is 24.6 Å². The summed E-state index contributed by atoms with van der Waals surface area (Å²) < 4.78 is 0.999. The molecule has 5 heteroatoms. The van der Waals surface area contributed by atoms with Crippen LogP contribution in [0.1, 0.15) is 19.4 Å². The van der Waals surface area contributed by atoms with E-state index in [1.165, 1.54) is 0 Å². The SMILES string of the molecule is CNCCN(C)C(=O)C(C)(C)c1cccc(Br)c1.Cl. The molecular weight excluding hydrogens is 328 g/mol. The molecule has 1 aromatic carbocycles. The molecule has 1 N–H and O–H groups in total. The lowest BCUT2D eigenvalue weighted by atomic mass is 9.83. The first kappa shape index (κ1) is 18.4. The number of rotatable bonds is 5. The number of nitrogens with zero attached hydrogens (tertiary/aromatic N) is 1. The Labute approximate surface area is 130 Å². The Morgan fingerprint density at radius 1 is 1.42 bits per heavy atom. The van der Waals surface area contributed by atoms with E-state index in [2.05, 4.69) is 21.2 Å². The maximum absolute atomic E-state index is 12.5. The van der Waals surface area contributed by atoms with Gasteiger partial charge in [0.25, 0.3) is 0 Å². The van der Waals surface area contributed by atoms with Gasteiger partial charge in [0.15, 0.2) is 0 Å². The third kappa shape index (κ3) is 4.79. The lowest BCUT2D eigenvalue weighted by Gasteiger charge is -2.30. The normalized spacial score (nSPS) is 10.8. The lowest BCUT2D eigenvalue weighted by molar-refractivity contribution is -0.134. The van der Waals surface area contributed by atoms with E-state index < -0.39 is 5.41 Å². The number of benzene rings is 1. The number of carbonyl (C=O) groups is 1. The summed E-state index contributed by atoms with van der Waals surface area (Å²) in [7, 11) is 3.73. The minimum absolute atomic E-state index is 0. The first-order valence-corrected chi connectivity index (χ1v) is 6.85. The van der Waals surface area contributed by atoms with E-state index in [0.29, 0.717) is 6.54 Å². The molecule has 0 aliphatic rings. The molecule has 0 spiro atoms. The predicted octanol–water partition coefficient (Wildman–Crippen LogP) is 2.83. The van der Waals surface area contributed by atoms with Crippen LogP contribution < -0.4 is 5.32 Å². The smallest absolute Gasteiger partial charge is 0.232 e. The van der Waals surface area contributed by atoms with Crippen molar-refractivity contribution < 1.29 is 4.79 Å². The second kappa shape index (κ2) is 7.88. The Morgan fingerprint density at radius 2 is 2.05 bits per heavy atom. The van der Waals surface area contributed by atoms with Crippen LogP contribution in [0.4, 0.5) is 0 Å². The summed E-state index contributed by atoms with van der Waals surface area (Å²) in [6.45, 7) is 5.45. The van der Waals surface area contributed by atoms with Crippen LogP contribution in [-0.4, -0.2) is 38.0 Å². The number of carbonyl (C=O) groups excluding carboxylic acids is 1. The molecule has 1 rings (SSSR count). The maximum atomic E-state index is 12.5. The average Bonchev–Trinajstić information content (AvgIpc) is 2.34. The van der Waals surface area contributed by atoms with Crippen molar-refractivity contribution >= 4 is 34.2 Å². The molecule has 3 nitrogen and oxygen atoms in total. The second-order valence-electron chi connectivity index (χ2n) is 4.97. The van der Waals surface area contributed by atoms with E-state index >= 15 is 0 Å². The summed E-state index contributed by atoms with van der Waals surface area (Å²) in [5, 5.41) is 3.05. The Bertz CT molecular complexity index is 424. The van der Waals surface area contributed by atoms with Gasteiger partial charge in [-0.2, -0.15) is 0 Å². The summed E-state index contributed by atoms with van der Waals surface area (Å²) in [5.74, 6) is 0.135. The average molecular weight is 350 g/mol. The highest BCUT2D eigenvalue weighted by atomic mass is 79.9. The van der Waals surface area contributed by atoms with Crippen molar-refractivity contribution in [3.8, 4) is 0 Å². The molecule has 0 aliphatic heterocycles. The number of amides is 1. The first-order chi connectivity index (χ1) is 8.39. The van der Waals surface area contributed by atoms with E-state index in [9.17, 15) is 4.79 Å². The van der Waals surface area contributed by atoms with Gasteiger partial charge in [0.05, 0.1) is 5.41 Å². The standard InChI is InChI=1S/C14H21BrN2O.ClH/c1-14(2,11-6-5-7-12(15)10-11)13(18)17(4)9-8-16-3;/h5-7,10,16H,8-9H2,1-4H3;1H. The fourth-order valence-electron chi connectivity index (χ4n) is 1.86. The molecule has 0 saturated heterocycles. The second-order valence-corrected chi connectivity index (χ2v) is 5.88. The molecule has 1 aromatic rings. The number of hydrogen-bond acceptors (Lipinski definition) is 2. The van der Waals surface area contributed by atoms with Crippen LogP contribution in [0.25, 0.3) is 0 Å². The minimum Gasteiger partial charge on any atom is -0.344 e. The molecule has 0 atom stereocenters. The Morgan fingerprint density at radius 3 is 2.58 bits per heavy atom. The summed E-state index contributed by atoms with van der Waals surface area (Å²) in [5.41, 5.74) is 0.518. The molecule has 1 amide bonds. The fourth-order valence-corrected chi connectivity index (χ4v) is 2.26. The molecule has 108 valence electrons. The van der Waals surface area contributed by atoms with Crippen molar-refractivity contribution in [1.82, 2.24) is 10.2 Å². The number of likely N-dealkylation sites (N-methyl/N-ethyl adjacent to an activating group) is 2. The zero-order valence-electron chi connectivity index (χ0n) is 11.9. The molecule has 19 heavy (non-hydrogen) atoms. The van der Waals surface area contributed by atoms with Crippen LogP contribution >= 0.6 is 28.3 Å². The summed E-state index contributed by atoms with van der Waals surface area (Å²) in [6, 6.07) is 7.93. The summed E-state index contributed by atoms with van der Waals surface area (Å²) in [4.78, 5) is 14.2. The van der Waals surface area contributed by atoms with Gasteiger partial charge in [-0.3, -0.25) is 4.79 Å². The number of nitrogens with one attached hydrogen (secondary N) is 1. The van der Waals surface area contributed by atoms with E-state index in [1.807, 2.05) is 52.2 Å². The van der Waals surface area contributed by atoms with Gasteiger partial charge in [-0.05, 0) is 38.6 Å². The molecule has 0 heterocycles. The monoisotopic (exact) mass is 348 g/mol. The van der Waals surface area contributed by atoms with E-state index in [0.717, 1.165) is 16.6 Å². The number of halogens is 2. The molecule has 0 bridgehead atoms. The van der Waals surface area contributed by atoms with Gasteiger partial charge >= 0.3 is 0 Å². The van der Waals surface area contributed by atoms with Gasteiger partial charge < -0.3 is 10.2 Å². The van der Waals surface area contributed by atoms with Gasteiger partial charge in [-0.1, -0.05) is 28.1 Å². The van der Waals surface area contributed by atoms with E-state index in [4.69, 9.17) is 0 Å². The minimum atomic E-state index is -0.508. The maximum Gasteiger partial charge on any atom is 0.232 e. The highest BCUT2D eigenvalue weighted by molar-refractivity contribution is 9.10. The van der Waals surface area contributed by atoms with Crippen LogP contribution in [0.5, 0.6) is 0 Å². The highest BCUT2D eigenvalue weighted by Crippen LogP contribution is 2.27. The fraction of sp³-hybridized carbons (Fsp3) is 0.500. The number of hydrogen-bond donors (Lipinski definition) is 1. The molecule has 0 fully saturated rings. The quantitative estimate of drug-likeness (QED) is 0.886. The van der Waals surface area contributed by atoms with E-state index in [1.54, 1.807) is 4.90 Å². The van der Waals surface area contributed by atoms with Gasteiger partial charge in [0.1, 0.15) is 0 Å². The molecule has 0 aromatic heterocycles. The van der Waals surface area contributed by atoms with Crippen LogP contribution in [-0.2, 0) is 10.2 Å². The largest absolute Gasteiger partial charge is 0.344 e. The van der Waals surface area contributed by atoms with Crippen LogP contribution in [0.2, 0.25) is 0 Å². The van der Waals surface area contributed by atoms with Crippen LogP contribution in [0, 0.1) is 0 Å². The first-order valence-electron chi connectivity index (χ1n) is 6.06. The zero-order chi connectivity index (χ0) is 13.8. The summed E-state index contributed by atoms with van der Waals surface area (Å²) >= 11 is 3.45. The highest BCUT2D eigenvalue weighted by Gasteiger charge is 2.32. The lowest BCUT2D eigenvalue weighted by Crippen LogP contribution is -2.43. The van der Waals surface area contributed by atoms with Crippen molar-refractivity contribution in [2.45, 2.75) is 19.3 Å². The molecular formula is C14H22BrClN2O. The molecule has 0 saturated carbocycles. The Balaban J connectivity index is 0.00000324. The van der Waals surface area contributed by atoms with Crippen molar-refractivity contribution in [2.24, 2.45) is 0 Å². The molecule has 0 radical (unpaired) electrons. The Hall–Kier alpha value is -0.580. The topological polar surface area (TPSA) is 32.3 Å². The summed E-state index contributed by atoms with van der Waals surface area (Å²) in [6.07, 6.45) is 0. The van der Waals surface area contributed by atoms with E-state index in [-0.39, 0.29) is 18.3 Å². The molecule has 0 unspecified atom stereocenters. The predicted molar refractivity (Wildman–Crippen MR) is 86.0 cm³/mol. The van der Waals surface area contributed by atoms with Crippen molar-refractivity contribution in [2.75, 3.05) is 27.2 Å². The van der Waals surface area contributed by atoms with Crippen LogP contribution in [0.15, 0.2) is 28.7 Å². The van der Waals surface area contributed by atoms with Gasteiger partial charge in [0.2, 0.25) is 5.91 Å². The van der Waals surface area contributed by atoms with Crippen molar-refractivity contribution in [1.29, 1.82) is 0 Å². The zero-order valence-corrected chi connectivity index (χ0v) is 14.3. The van der Waals surface area contributed by atoms with Crippen molar-refractivity contribution in [3.63, 3.8) is 0 Å². The third-order valence-corrected chi connectivity index (χ3v) is 3.62. The molecule has 0 aliphatic carbocycles.